The number of aliphatic hydroxyl groups is 1. The van der Waals surface area contributed by atoms with Gasteiger partial charge in [0.05, 0.1) is 12.1 Å². The van der Waals surface area contributed by atoms with E-state index in [9.17, 15) is 43.5 Å². The second-order valence-electron chi connectivity index (χ2n) is 10.9. The summed E-state index contributed by atoms with van der Waals surface area (Å²) in [6, 6.07) is -6.14. The Morgan fingerprint density at radius 2 is 1.28 bits per heavy atom. The highest BCUT2D eigenvalue weighted by atomic mass is 35.5. The molecule has 11 N–H and O–H groups in total. The molecule has 0 aliphatic carbocycles. The van der Waals surface area contributed by atoms with Crippen LogP contribution in [0.4, 0.5) is 0 Å². The van der Waals surface area contributed by atoms with Crippen LogP contribution in [0.2, 0.25) is 0 Å². The van der Waals surface area contributed by atoms with Gasteiger partial charge >= 0.3 is 0 Å². The van der Waals surface area contributed by atoms with Gasteiger partial charge in [0.1, 0.15) is 24.2 Å². The van der Waals surface area contributed by atoms with Crippen molar-refractivity contribution in [3.8, 4) is 0 Å². The second kappa shape index (κ2) is 22.6. The third kappa shape index (κ3) is 16.5. The van der Waals surface area contributed by atoms with Gasteiger partial charge < -0.3 is 48.5 Å². The van der Waals surface area contributed by atoms with E-state index >= 15 is 0 Å². The predicted octanol–water partition coefficient (Wildman–Crippen LogP) is -2.99. The number of amides is 7. The van der Waals surface area contributed by atoms with Gasteiger partial charge in [0.15, 0.2) is 0 Å². The van der Waals surface area contributed by atoms with Crippen molar-refractivity contribution in [3.05, 3.63) is 0 Å². The fourth-order valence-electron chi connectivity index (χ4n) is 3.97. The van der Waals surface area contributed by atoms with Crippen LogP contribution in [0.15, 0.2) is 0 Å². The van der Waals surface area contributed by atoms with Crippen LogP contribution in [-0.2, 0) is 38.4 Å². The molecule has 0 aliphatic rings. The van der Waals surface area contributed by atoms with Gasteiger partial charge in [-0.2, -0.15) is 0 Å². The Labute approximate surface area is 275 Å². The monoisotopic (exact) mass is 678 g/mol. The number of rotatable bonds is 21. The summed E-state index contributed by atoms with van der Waals surface area (Å²) in [5.74, 6) is -6.71. The lowest BCUT2D eigenvalue weighted by molar-refractivity contribution is -0.140. The molecule has 0 radical (unpaired) electrons. The van der Waals surface area contributed by atoms with Crippen LogP contribution < -0.4 is 43.4 Å². The maximum atomic E-state index is 13.3. The van der Waals surface area contributed by atoms with Gasteiger partial charge in [-0.05, 0) is 52.5 Å². The Bertz CT molecular complexity index is 1080. The molecule has 7 atom stereocenters. The van der Waals surface area contributed by atoms with Crippen molar-refractivity contribution in [2.24, 2.45) is 17.4 Å². The molecule has 17 nitrogen and oxygen atoms in total. The van der Waals surface area contributed by atoms with Gasteiger partial charge in [-0.3, -0.25) is 38.4 Å². The van der Waals surface area contributed by atoms with Crippen molar-refractivity contribution < 1.29 is 43.5 Å². The van der Waals surface area contributed by atoms with Crippen molar-refractivity contribution in [2.45, 2.75) is 110 Å². The number of ketones is 1. The van der Waals surface area contributed by atoms with Crippen LogP contribution in [0.25, 0.3) is 0 Å². The summed E-state index contributed by atoms with van der Waals surface area (Å²) in [5.41, 5.74) is 10.5. The van der Waals surface area contributed by atoms with Gasteiger partial charge in [-0.1, -0.05) is 20.3 Å². The molecule has 0 saturated heterocycles. The number of unbranched alkanes of at least 4 members (excludes halogenated alkanes) is 1. The van der Waals surface area contributed by atoms with E-state index in [0.717, 1.165) is 0 Å². The van der Waals surface area contributed by atoms with E-state index in [-0.39, 0.29) is 25.4 Å². The number of carbonyl (C=O) groups excluding carboxylic acids is 8. The molecule has 0 aromatic carbocycles. The predicted molar refractivity (Wildman–Crippen MR) is 170 cm³/mol. The molecular formula is C28H51ClN8O9. The van der Waals surface area contributed by atoms with E-state index in [1.54, 1.807) is 13.8 Å². The minimum Gasteiger partial charge on any atom is -0.391 e. The summed E-state index contributed by atoms with van der Waals surface area (Å²) < 4.78 is 0. The largest absolute Gasteiger partial charge is 0.391 e. The van der Waals surface area contributed by atoms with E-state index in [1.165, 1.54) is 27.7 Å². The molecule has 0 rings (SSSR count). The van der Waals surface area contributed by atoms with Crippen molar-refractivity contribution >= 4 is 59.5 Å². The van der Waals surface area contributed by atoms with E-state index in [0.29, 0.717) is 32.2 Å². The first-order valence-corrected chi connectivity index (χ1v) is 14.9. The number of hydrogen-bond donors (Lipinski definition) is 9. The lowest BCUT2D eigenvalue weighted by Gasteiger charge is -2.29. The zero-order valence-electron chi connectivity index (χ0n) is 27.3. The smallest absolute Gasteiger partial charge is 0.289 e. The highest BCUT2D eigenvalue weighted by Crippen LogP contribution is 2.11. The lowest BCUT2D eigenvalue weighted by Crippen LogP contribution is -2.61. The summed E-state index contributed by atoms with van der Waals surface area (Å²) in [5, 5.41) is 24.8. The molecule has 0 aromatic rings. The molecule has 0 fully saturated rings. The second-order valence-corrected chi connectivity index (χ2v) is 10.9. The van der Waals surface area contributed by atoms with E-state index < -0.39 is 89.4 Å². The highest BCUT2D eigenvalue weighted by Gasteiger charge is 2.34. The number of nitrogens with one attached hydrogen (secondary N) is 6. The van der Waals surface area contributed by atoms with Crippen LogP contribution in [0, 0.1) is 5.92 Å². The Hall–Kier alpha value is -3.83. The van der Waals surface area contributed by atoms with Crippen LogP contribution in [0.5, 0.6) is 0 Å². The number of carbonyl (C=O) groups is 8. The molecule has 0 spiro atoms. The lowest BCUT2D eigenvalue weighted by atomic mass is 9.96. The van der Waals surface area contributed by atoms with Crippen molar-refractivity contribution in [2.75, 3.05) is 13.1 Å². The van der Waals surface area contributed by atoms with Crippen molar-refractivity contribution in [1.82, 2.24) is 31.9 Å². The average Bonchev–Trinajstić information content (AvgIpc) is 2.96. The van der Waals surface area contributed by atoms with Crippen LogP contribution in [0.1, 0.15) is 73.6 Å². The summed E-state index contributed by atoms with van der Waals surface area (Å²) in [6.07, 6.45) is 0.330. The minimum absolute atomic E-state index is 0. The van der Waals surface area contributed by atoms with Gasteiger partial charge in [-0.15, -0.1) is 12.4 Å². The standard InChI is InChI=1S/C28H50N8O9.ClH/c1-7-14(2)21(35-25(42)19(34-18(6)38)10-8-9-12-29)26(43)36-22(17(5)37)27(44)33-16(4)24(41)32-15(3)23(40)28(45)31-13-11-20(30)39;/h14-17,19,21-22,37H,7-13,29H2,1-6H3,(H2,30,39)(H,31,45)(H,32,41)(H,33,44)(H,34,38)(H,35,42)(H,36,43);1H/t14-,15?,16-,17+,19-,21-,22-;/m0./s1. The number of primary amides is 1. The molecule has 264 valence electrons. The van der Waals surface area contributed by atoms with Gasteiger partial charge in [0, 0.05) is 19.9 Å². The number of aliphatic hydroxyl groups excluding tert-OH is 1. The highest BCUT2D eigenvalue weighted by molar-refractivity contribution is 6.38. The first-order chi connectivity index (χ1) is 21.0. The zero-order chi connectivity index (χ0) is 34.9. The van der Waals surface area contributed by atoms with Crippen LogP contribution in [0.3, 0.4) is 0 Å². The van der Waals surface area contributed by atoms with E-state index in [2.05, 4.69) is 31.9 Å². The number of halogens is 1. The van der Waals surface area contributed by atoms with E-state index in [4.69, 9.17) is 11.5 Å². The molecule has 0 aromatic heterocycles. The summed E-state index contributed by atoms with van der Waals surface area (Å²) in [7, 11) is 0. The SMILES string of the molecule is CC[C@H](C)[C@H](NC(=O)[C@H](CCCCN)NC(C)=O)C(=O)N[C@H](C(=O)N[C@@H](C)C(=O)NC(C)C(=O)C(=O)NCCC(N)=O)[C@@H](C)O.Cl. The molecule has 46 heavy (non-hydrogen) atoms. The van der Waals surface area contributed by atoms with E-state index in [1.807, 2.05) is 0 Å². The molecule has 0 saturated carbocycles. The maximum absolute atomic E-state index is 13.3. The average molecular weight is 679 g/mol. The first-order valence-electron chi connectivity index (χ1n) is 14.9. The molecule has 7 amide bonds. The Kier molecular flexibility index (Phi) is 21.8. The molecular weight excluding hydrogens is 628 g/mol. The maximum Gasteiger partial charge on any atom is 0.289 e. The summed E-state index contributed by atoms with van der Waals surface area (Å²) in [4.78, 5) is 98.6. The van der Waals surface area contributed by atoms with Gasteiger partial charge in [0.25, 0.3) is 5.91 Å². The summed E-state index contributed by atoms with van der Waals surface area (Å²) in [6.45, 7) is 8.78. The number of nitrogens with two attached hydrogens (primary N) is 2. The fourth-order valence-corrected chi connectivity index (χ4v) is 3.97. The minimum atomic E-state index is -1.54. The molecule has 1 unspecified atom stereocenters. The first kappa shape index (κ1) is 44.3. The molecule has 0 heterocycles. The van der Waals surface area contributed by atoms with Crippen LogP contribution >= 0.6 is 12.4 Å². The molecule has 18 heteroatoms. The van der Waals surface area contributed by atoms with Gasteiger partial charge in [-0.25, -0.2) is 0 Å². The summed E-state index contributed by atoms with van der Waals surface area (Å²) >= 11 is 0. The molecule has 0 bridgehead atoms. The zero-order valence-corrected chi connectivity index (χ0v) is 28.1. The number of Topliss-reactive ketones (excluding diaryl/α,β-unsaturated/α-hetero) is 1. The van der Waals surface area contributed by atoms with Crippen molar-refractivity contribution in [3.63, 3.8) is 0 Å². The topological polar surface area (TPSA) is 281 Å². The van der Waals surface area contributed by atoms with Crippen molar-refractivity contribution in [1.29, 1.82) is 0 Å². The number of hydrogen-bond acceptors (Lipinski definition) is 10. The van der Waals surface area contributed by atoms with Gasteiger partial charge in [0.2, 0.25) is 41.2 Å². The Morgan fingerprint density at radius 1 is 0.739 bits per heavy atom. The Morgan fingerprint density at radius 3 is 1.78 bits per heavy atom. The quantitative estimate of drug-likeness (QED) is 0.0438. The third-order valence-electron chi connectivity index (χ3n) is 6.88. The van der Waals surface area contributed by atoms with Crippen LogP contribution in [-0.4, -0.2) is 102 Å². The fraction of sp³-hybridized carbons (Fsp3) is 0.714. The third-order valence-corrected chi connectivity index (χ3v) is 6.88. The Balaban J connectivity index is 0. The normalized spacial score (nSPS) is 15.1. The molecule has 0 aliphatic heterocycles.